The van der Waals surface area contributed by atoms with E-state index in [0.29, 0.717) is 0 Å². The topological polar surface area (TPSA) is 72.5 Å². The Balaban J connectivity index is 3.04. The van der Waals surface area contributed by atoms with Crippen molar-refractivity contribution in [1.82, 2.24) is 0 Å². The summed E-state index contributed by atoms with van der Waals surface area (Å²) in [6, 6.07) is 0. The molecule has 0 saturated carbocycles. The fraction of sp³-hybridized carbons (Fsp3) is 0.375. The van der Waals surface area contributed by atoms with Gasteiger partial charge in [0, 0.05) is 6.21 Å². The molecule has 0 saturated heterocycles. The first-order chi connectivity index (χ1) is 5.59. The molecule has 4 nitrogen and oxygen atoms in total. The monoisotopic (exact) mass is 166 g/mol. The normalized spacial score (nSPS) is 27.1. The molecule has 1 atom stereocenters. The average Bonchev–Trinajstić information content (AvgIpc) is 2.05. The number of ketones is 1. The largest absolute Gasteiger partial charge is 0.368 e. The lowest BCUT2D eigenvalue weighted by Crippen LogP contribution is -2.44. The summed E-state index contributed by atoms with van der Waals surface area (Å²) in [6.45, 7) is 1.48. The minimum Gasteiger partial charge on any atom is -0.368 e. The van der Waals surface area contributed by atoms with Crippen LogP contribution >= 0.6 is 0 Å². The van der Waals surface area contributed by atoms with Gasteiger partial charge in [0.05, 0.1) is 6.54 Å². The van der Waals surface area contributed by atoms with Gasteiger partial charge in [0.2, 0.25) is 5.91 Å². The van der Waals surface area contributed by atoms with Gasteiger partial charge in [-0.2, -0.15) is 0 Å². The number of nitrogens with two attached hydrogens (primary N) is 1. The van der Waals surface area contributed by atoms with Crippen LogP contribution in [0.1, 0.15) is 6.92 Å². The molecule has 1 aliphatic rings. The smallest absolute Gasteiger partial charge is 0.236 e. The Labute approximate surface area is 70.2 Å². The van der Waals surface area contributed by atoms with Gasteiger partial charge in [-0.15, -0.1) is 0 Å². The van der Waals surface area contributed by atoms with Gasteiger partial charge in [0.15, 0.2) is 5.78 Å². The zero-order chi connectivity index (χ0) is 9.19. The van der Waals surface area contributed by atoms with Crippen molar-refractivity contribution in [3.63, 3.8) is 0 Å². The van der Waals surface area contributed by atoms with Crippen LogP contribution in [-0.4, -0.2) is 24.4 Å². The second-order valence-electron chi connectivity index (χ2n) is 2.74. The Morgan fingerprint density at radius 2 is 2.25 bits per heavy atom. The second-order valence-corrected chi connectivity index (χ2v) is 2.74. The minimum atomic E-state index is -1.20. The summed E-state index contributed by atoms with van der Waals surface area (Å²) in [7, 11) is 0. The van der Waals surface area contributed by atoms with E-state index in [1.807, 2.05) is 0 Å². The molecule has 0 aromatic rings. The second kappa shape index (κ2) is 2.89. The standard InChI is InChI=1S/C8H10N2O2/c1-6(11)8(7(9)12)3-2-4-10-5-8/h2-4H,5H2,1H3,(H2,9,12). The number of carbonyl (C=O) groups is 2. The number of Topliss-reactive ketones (excluding diaryl/α,β-unsaturated/α-hetero) is 1. The highest BCUT2D eigenvalue weighted by atomic mass is 16.2. The Morgan fingerprint density at radius 3 is 2.50 bits per heavy atom. The molecule has 0 aromatic heterocycles. The van der Waals surface area contributed by atoms with E-state index >= 15 is 0 Å². The van der Waals surface area contributed by atoms with Gasteiger partial charge >= 0.3 is 0 Å². The van der Waals surface area contributed by atoms with Gasteiger partial charge in [0.1, 0.15) is 5.41 Å². The summed E-state index contributed by atoms with van der Waals surface area (Å²) >= 11 is 0. The molecule has 0 radical (unpaired) electrons. The van der Waals surface area contributed by atoms with Gasteiger partial charge in [-0.3, -0.25) is 14.6 Å². The molecule has 0 bridgehead atoms. The SMILES string of the molecule is CC(=O)C1(C(N)=O)C=CC=NC1. The van der Waals surface area contributed by atoms with Crippen molar-refractivity contribution in [2.24, 2.45) is 16.1 Å². The fourth-order valence-corrected chi connectivity index (χ4v) is 1.08. The van der Waals surface area contributed by atoms with Gasteiger partial charge in [-0.05, 0) is 13.0 Å². The highest BCUT2D eigenvalue weighted by molar-refractivity contribution is 6.07. The van der Waals surface area contributed by atoms with Crippen LogP contribution in [0.4, 0.5) is 0 Å². The summed E-state index contributed by atoms with van der Waals surface area (Å²) in [5.74, 6) is -0.897. The van der Waals surface area contributed by atoms with Gasteiger partial charge in [-0.25, -0.2) is 0 Å². The molecule has 12 heavy (non-hydrogen) atoms. The maximum atomic E-state index is 11.1. The highest BCUT2D eigenvalue weighted by Gasteiger charge is 2.39. The summed E-state index contributed by atoms with van der Waals surface area (Å²) in [5.41, 5.74) is 3.92. The van der Waals surface area contributed by atoms with Crippen molar-refractivity contribution in [3.05, 3.63) is 12.2 Å². The van der Waals surface area contributed by atoms with E-state index in [1.165, 1.54) is 13.0 Å². The number of dihydropyridines is 1. The lowest BCUT2D eigenvalue weighted by molar-refractivity contribution is -0.135. The van der Waals surface area contributed by atoms with Crippen LogP contribution in [0.2, 0.25) is 0 Å². The molecule has 2 N–H and O–H groups in total. The van der Waals surface area contributed by atoms with Crippen LogP contribution in [0.15, 0.2) is 17.1 Å². The van der Waals surface area contributed by atoms with E-state index in [-0.39, 0.29) is 12.3 Å². The molecule has 0 fully saturated rings. The van der Waals surface area contributed by atoms with Crippen LogP contribution < -0.4 is 5.73 Å². The predicted octanol–water partition coefficient (Wildman–Crippen LogP) is -0.312. The summed E-state index contributed by atoms with van der Waals surface area (Å²) in [5, 5.41) is 0. The number of carbonyl (C=O) groups excluding carboxylic acids is 2. The lowest BCUT2D eigenvalue weighted by atomic mass is 9.82. The van der Waals surface area contributed by atoms with Crippen molar-refractivity contribution >= 4 is 17.9 Å². The van der Waals surface area contributed by atoms with Crippen molar-refractivity contribution in [2.75, 3.05) is 6.54 Å². The van der Waals surface area contributed by atoms with Crippen LogP contribution in [0, 0.1) is 5.41 Å². The number of primary amides is 1. The number of amides is 1. The number of rotatable bonds is 2. The lowest BCUT2D eigenvalue weighted by Gasteiger charge is -2.23. The molecular weight excluding hydrogens is 156 g/mol. The highest BCUT2D eigenvalue weighted by Crippen LogP contribution is 2.22. The van der Waals surface area contributed by atoms with Gasteiger partial charge < -0.3 is 5.73 Å². The zero-order valence-corrected chi connectivity index (χ0v) is 6.78. The number of hydrogen-bond donors (Lipinski definition) is 1. The molecule has 1 unspecified atom stereocenters. The van der Waals surface area contributed by atoms with E-state index in [1.54, 1.807) is 12.3 Å². The summed E-state index contributed by atoms with van der Waals surface area (Å²) < 4.78 is 0. The molecular formula is C8H10N2O2. The molecule has 1 amide bonds. The van der Waals surface area contributed by atoms with E-state index < -0.39 is 11.3 Å². The third kappa shape index (κ3) is 1.15. The Hall–Kier alpha value is -1.45. The van der Waals surface area contributed by atoms with Crippen LogP contribution in [-0.2, 0) is 9.59 Å². The zero-order valence-electron chi connectivity index (χ0n) is 6.78. The maximum Gasteiger partial charge on any atom is 0.236 e. The first-order valence-corrected chi connectivity index (χ1v) is 3.58. The number of allylic oxidation sites excluding steroid dienone is 1. The minimum absolute atomic E-state index is 0.133. The van der Waals surface area contributed by atoms with Gasteiger partial charge in [-0.1, -0.05) is 6.08 Å². The molecule has 4 heteroatoms. The van der Waals surface area contributed by atoms with Crippen LogP contribution in [0.3, 0.4) is 0 Å². The first kappa shape index (κ1) is 8.64. The first-order valence-electron chi connectivity index (χ1n) is 3.58. The quantitative estimate of drug-likeness (QED) is 0.571. The molecule has 1 heterocycles. The molecule has 0 aromatic carbocycles. The molecule has 0 aliphatic carbocycles. The van der Waals surface area contributed by atoms with E-state index in [9.17, 15) is 9.59 Å². The third-order valence-corrected chi connectivity index (χ3v) is 1.98. The van der Waals surface area contributed by atoms with E-state index in [2.05, 4.69) is 4.99 Å². The number of nitrogens with zero attached hydrogens (tertiary/aromatic N) is 1. The maximum absolute atomic E-state index is 11.1. The Kier molecular flexibility index (Phi) is 2.08. The van der Waals surface area contributed by atoms with Crippen LogP contribution in [0.25, 0.3) is 0 Å². The molecule has 0 spiro atoms. The van der Waals surface area contributed by atoms with Crippen molar-refractivity contribution < 1.29 is 9.59 Å². The molecule has 1 rings (SSSR count). The van der Waals surface area contributed by atoms with Crippen molar-refractivity contribution in [1.29, 1.82) is 0 Å². The van der Waals surface area contributed by atoms with Crippen molar-refractivity contribution in [2.45, 2.75) is 6.92 Å². The van der Waals surface area contributed by atoms with E-state index in [0.717, 1.165) is 0 Å². The predicted molar refractivity (Wildman–Crippen MR) is 44.8 cm³/mol. The van der Waals surface area contributed by atoms with E-state index in [4.69, 9.17) is 5.73 Å². The third-order valence-electron chi connectivity index (χ3n) is 1.98. The van der Waals surface area contributed by atoms with Crippen molar-refractivity contribution in [3.8, 4) is 0 Å². The molecule has 1 aliphatic heterocycles. The fourth-order valence-electron chi connectivity index (χ4n) is 1.08. The summed E-state index contributed by atoms with van der Waals surface area (Å²) in [4.78, 5) is 26.0. The number of hydrogen-bond acceptors (Lipinski definition) is 3. The Morgan fingerprint density at radius 1 is 1.58 bits per heavy atom. The number of aliphatic imine (C=N–C) groups is 1. The Bertz CT molecular complexity index is 265. The van der Waals surface area contributed by atoms with Crippen LogP contribution in [0.5, 0.6) is 0 Å². The van der Waals surface area contributed by atoms with Gasteiger partial charge in [0.25, 0.3) is 0 Å². The molecule has 64 valence electrons. The average molecular weight is 166 g/mol. The summed E-state index contributed by atoms with van der Waals surface area (Å²) in [6.07, 6.45) is 4.62.